The van der Waals surface area contributed by atoms with E-state index in [0.29, 0.717) is 0 Å². The van der Waals surface area contributed by atoms with E-state index in [-0.39, 0.29) is 5.41 Å². The molecule has 1 unspecified atom stereocenters. The van der Waals surface area contributed by atoms with Crippen molar-refractivity contribution in [2.24, 2.45) is 0 Å². The van der Waals surface area contributed by atoms with Crippen LogP contribution < -0.4 is 9.64 Å². The minimum absolute atomic E-state index is 0.159. The average molecular weight is 673 g/mol. The van der Waals surface area contributed by atoms with Crippen molar-refractivity contribution in [3.63, 3.8) is 0 Å². The molecule has 52 heavy (non-hydrogen) atoms. The lowest BCUT2D eigenvalue weighted by Gasteiger charge is -2.35. The van der Waals surface area contributed by atoms with Gasteiger partial charge in [0.05, 0.1) is 22.0 Å². The van der Waals surface area contributed by atoms with Crippen molar-refractivity contribution in [3.8, 4) is 5.75 Å². The standard InChI is InChI=1S/C49H40N2O/c1-49-28-27-37(31-47(49)52-46-18-10-7-15-43(46)49)50(36-25-23-35(24-26-36)34-21-19-33(20-22-34)32-11-3-2-4-12-32)38-29-41-39-13-5-8-16-44(39)51-45-17-9-6-14-40(45)42(30-38)48(41)51/h2-3,5-11,13-19,21,23,25,27,29-31H,4,12,20,22,24,26,28H2,1H3. The molecule has 1 atom stereocenters. The van der Waals surface area contributed by atoms with Crippen LogP contribution >= 0.6 is 0 Å². The van der Waals surface area contributed by atoms with Crippen molar-refractivity contribution in [3.05, 3.63) is 185 Å². The molecule has 0 saturated carbocycles. The molecule has 0 N–H and O–H groups in total. The average Bonchev–Trinajstić information content (AvgIpc) is 3.83. The molecule has 0 saturated heterocycles. The molecule has 3 heteroatoms. The summed E-state index contributed by atoms with van der Waals surface area (Å²) in [4.78, 5) is 2.53. The Hall–Kier alpha value is -5.80. The predicted octanol–water partition coefficient (Wildman–Crippen LogP) is 12.7. The van der Waals surface area contributed by atoms with Gasteiger partial charge in [-0.05, 0) is 111 Å². The Morgan fingerprint density at radius 1 is 0.654 bits per heavy atom. The molecule has 4 aromatic carbocycles. The summed E-state index contributed by atoms with van der Waals surface area (Å²) in [5, 5.41) is 5.19. The molecule has 3 heterocycles. The van der Waals surface area contributed by atoms with Gasteiger partial charge in [0.25, 0.3) is 0 Å². The molecule has 0 fully saturated rings. The highest BCUT2D eigenvalue weighted by molar-refractivity contribution is 6.24. The first-order valence-corrected chi connectivity index (χ1v) is 19.0. The number of rotatable bonds is 5. The van der Waals surface area contributed by atoms with Crippen molar-refractivity contribution in [2.45, 2.75) is 57.3 Å². The third kappa shape index (κ3) is 4.38. The second-order valence-corrected chi connectivity index (χ2v) is 15.3. The van der Waals surface area contributed by atoms with Crippen LogP contribution in [0.4, 0.5) is 5.69 Å². The Labute approximate surface area is 304 Å². The summed E-state index contributed by atoms with van der Waals surface area (Å²) in [6, 6.07) is 31.2. The van der Waals surface area contributed by atoms with E-state index in [9.17, 15) is 0 Å². The highest BCUT2D eigenvalue weighted by Gasteiger charge is 2.43. The maximum absolute atomic E-state index is 6.62. The number of benzene rings is 4. The zero-order chi connectivity index (χ0) is 34.4. The fourth-order valence-electron chi connectivity index (χ4n) is 9.60. The number of hydrogen-bond acceptors (Lipinski definition) is 2. The SMILES string of the molecule is CC12CC=C(N(C3=CC=C(C4=CC=C(C5=CC=CCC5)CC4)CC3)c3cc4c5ccccc5n5c6ccccc6c(c3)c45)C=C1Oc1ccccc12. The summed E-state index contributed by atoms with van der Waals surface area (Å²) in [5.74, 6) is 2.02. The second kappa shape index (κ2) is 11.4. The number of aromatic nitrogens is 1. The van der Waals surface area contributed by atoms with Crippen LogP contribution in [-0.4, -0.2) is 4.40 Å². The zero-order valence-electron chi connectivity index (χ0n) is 29.5. The highest BCUT2D eigenvalue weighted by Crippen LogP contribution is 2.51. The molecule has 0 bridgehead atoms. The molecule has 0 amide bonds. The monoisotopic (exact) mass is 672 g/mol. The maximum Gasteiger partial charge on any atom is 0.131 e. The summed E-state index contributed by atoms with van der Waals surface area (Å²) in [5.41, 5.74) is 14.6. The minimum atomic E-state index is -0.159. The topological polar surface area (TPSA) is 16.9 Å². The maximum atomic E-state index is 6.62. The molecule has 252 valence electrons. The van der Waals surface area contributed by atoms with Gasteiger partial charge in [-0.2, -0.15) is 0 Å². The Kier molecular flexibility index (Phi) is 6.52. The smallest absolute Gasteiger partial charge is 0.131 e. The molecule has 0 spiro atoms. The van der Waals surface area contributed by atoms with Gasteiger partial charge in [0, 0.05) is 50.3 Å². The fourth-order valence-corrected chi connectivity index (χ4v) is 9.60. The van der Waals surface area contributed by atoms with Gasteiger partial charge in [0.1, 0.15) is 11.5 Å². The van der Waals surface area contributed by atoms with Crippen LogP contribution in [0.2, 0.25) is 0 Å². The van der Waals surface area contributed by atoms with Gasteiger partial charge >= 0.3 is 0 Å². The van der Waals surface area contributed by atoms with Crippen LogP contribution in [0, 0.1) is 0 Å². The Bertz CT molecular complexity index is 2670. The lowest BCUT2D eigenvalue weighted by molar-refractivity contribution is 0.375. The van der Waals surface area contributed by atoms with Gasteiger partial charge < -0.3 is 14.0 Å². The van der Waals surface area contributed by atoms with Gasteiger partial charge in [-0.15, -0.1) is 0 Å². The van der Waals surface area contributed by atoms with Gasteiger partial charge in [-0.1, -0.05) is 97.1 Å². The minimum Gasteiger partial charge on any atom is -0.460 e. The predicted molar refractivity (Wildman–Crippen MR) is 216 cm³/mol. The molecule has 4 aliphatic carbocycles. The van der Waals surface area contributed by atoms with E-state index in [1.807, 2.05) is 0 Å². The third-order valence-electron chi connectivity index (χ3n) is 12.4. The van der Waals surface area contributed by atoms with Gasteiger partial charge in [-0.25, -0.2) is 0 Å². The van der Waals surface area contributed by atoms with Crippen LogP contribution in [0.1, 0.15) is 57.4 Å². The quantitative estimate of drug-likeness (QED) is 0.181. The van der Waals surface area contributed by atoms with Crippen molar-refractivity contribution in [1.82, 2.24) is 4.40 Å². The van der Waals surface area contributed by atoms with E-state index in [1.54, 1.807) is 0 Å². The number of nitrogens with zero attached hydrogens (tertiary/aromatic N) is 2. The summed E-state index contributed by atoms with van der Waals surface area (Å²) < 4.78 is 9.09. The normalized spacial score (nSPS) is 21.2. The van der Waals surface area contributed by atoms with E-state index in [4.69, 9.17) is 4.74 Å². The fraction of sp³-hybridized carbons (Fsp3) is 0.184. The number of para-hydroxylation sites is 3. The molecule has 5 aliphatic rings. The molecule has 3 nitrogen and oxygen atoms in total. The lowest BCUT2D eigenvalue weighted by Crippen LogP contribution is -2.29. The van der Waals surface area contributed by atoms with E-state index in [2.05, 4.69) is 156 Å². The molecule has 6 aromatic rings. The lowest BCUT2D eigenvalue weighted by atomic mass is 9.76. The van der Waals surface area contributed by atoms with E-state index in [1.165, 1.54) is 83.0 Å². The Balaban J connectivity index is 1.06. The molecule has 1 aliphatic heterocycles. The van der Waals surface area contributed by atoms with Crippen LogP contribution in [0.5, 0.6) is 5.75 Å². The van der Waals surface area contributed by atoms with E-state index >= 15 is 0 Å². The van der Waals surface area contributed by atoms with Crippen molar-refractivity contribution < 1.29 is 4.74 Å². The van der Waals surface area contributed by atoms with Crippen LogP contribution in [0.3, 0.4) is 0 Å². The Morgan fingerprint density at radius 2 is 1.29 bits per heavy atom. The zero-order valence-corrected chi connectivity index (χ0v) is 29.5. The molecular formula is C49H40N2O. The second-order valence-electron chi connectivity index (χ2n) is 15.3. The number of fused-ring (bicyclic) bond motifs is 9. The number of allylic oxidation sites excluding steroid dienone is 15. The van der Waals surface area contributed by atoms with E-state index in [0.717, 1.165) is 56.5 Å². The van der Waals surface area contributed by atoms with Crippen LogP contribution in [0.15, 0.2) is 179 Å². The van der Waals surface area contributed by atoms with Crippen LogP contribution in [-0.2, 0) is 5.41 Å². The van der Waals surface area contributed by atoms with Gasteiger partial charge in [-0.3, -0.25) is 0 Å². The highest BCUT2D eigenvalue weighted by atomic mass is 16.5. The molecule has 0 radical (unpaired) electrons. The van der Waals surface area contributed by atoms with Crippen molar-refractivity contribution in [1.29, 1.82) is 0 Å². The first-order valence-electron chi connectivity index (χ1n) is 19.0. The molecule has 11 rings (SSSR count). The first kappa shape index (κ1) is 29.9. The summed E-state index contributed by atoms with van der Waals surface area (Å²) in [6.07, 6.45) is 28.6. The van der Waals surface area contributed by atoms with Gasteiger partial charge in [0.15, 0.2) is 0 Å². The molecule has 2 aromatic heterocycles. The Morgan fingerprint density at radius 3 is 1.94 bits per heavy atom. The first-order chi connectivity index (χ1) is 25.6. The summed E-state index contributed by atoms with van der Waals surface area (Å²) >= 11 is 0. The van der Waals surface area contributed by atoms with Crippen LogP contribution in [0.25, 0.3) is 38.1 Å². The summed E-state index contributed by atoms with van der Waals surface area (Å²) in [6.45, 7) is 2.33. The number of hydrogen-bond donors (Lipinski definition) is 0. The number of anilines is 1. The van der Waals surface area contributed by atoms with Crippen molar-refractivity contribution in [2.75, 3.05) is 4.90 Å². The summed E-state index contributed by atoms with van der Waals surface area (Å²) in [7, 11) is 0. The number of ether oxygens (including phenoxy) is 1. The third-order valence-corrected chi connectivity index (χ3v) is 12.4. The van der Waals surface area contributed by atoms with E-state index < -0.39 is 0 Å². The molecular weight excluding hydrogens is 633 g/mol. The van der Waals surface area contributed by atoms with Gasteiger partial charge in [0.2, 0.25) is 0 Å². The largest absolute Gasteiger partial charge is 0.460 e. The van der Waals surface area contributed by atoms with Crippen molar-refractivity contribution >= 4 is 43.8 Å².